The number of nitrogens with zero attached hydrogens (tertiary/aromatic N) is 6. The fourth-order valence-corrected chi connectivity index (χ4v) is 5.84. The number of hydrogen-bond donors (Lipinski definition) is 0. The first-order valence-corrected chi connectivity index (χ1v) is 12.8. The zero-order chi connectivity index (χ0) is 24.0. The molecule has 3 heterocycles. The number of aryl methyl sites for hydroxylation is 1. The minimum Gasteiger partial charge on any atom is -0.444 e. The summed E-state index contributed by atoms with van der Waals surface area (Å²) in [6.07, 6.45) is 3.77. The van der Waals surface area contributed by atoms with Gasteiger partial charge in [0.15, 0.2) is 5.82 Å². The summed E-state index contributed by atoms with van der Waals surface area (Å²) in [5, 5.41) is 10.9. The van der Waals surface area contributed by atoms with Crippen LogP contribution in [0.1, 0.15) is 86.3 Å². The van der Waals surface area contributed by atoms with Crippen molar-refractivity contribution < 1.29 is 9.53 Å². The molecule has 180 valence electrons. The van der Waals surface area contributed by atoms with Crippen LogP contribution in [0.5, 0.6) is 0 Å². The Bertz CT molecular complexity index is 1210. The molecule has 1 fully saturated rings. The molecule has 2 aromatic heterocycles. The van der Waals surface area contributed by atoms with Gasteiger partial charge in [-0.05, 0) is 88.7 Å². The molecule has 0 bridgehead atoms. The van der Waals surface area contributed by atoms with Crippen molar-refractivity contribution in [1.29, 1.82) is 0 Å². The van der Waals surface area contributed by atoms with Crippen molar-refractivity contribution in [3.05, 3.63) is 51.3 Å². The van der Waals surface area contributed by atoms with Crippen molar-refractivity contribution in [3.8, 4) is 5.69 Å². The van der Waals surface area contributed by atoms with Crippen LogP contribution in [-0.2, 0) is 17.8 Å². The van der Waals surface area contributed by atoms with E-state index in [1.54, 1.807) is 4.90 Å². The van der Waals surface area contributed by atoms with E-state index >= 15 is 0 Å². The van der Waals surface area contributed by atoms with E-state index in [1.807, 2.05) is 45.9 Å². The van der Waals surface area contributed by atoms with E-state index in [2.05, 4.69) is 24.1 Å². The Morgan fingerprint density at radius 1 is 1.12 bits per heavy atom. The third-order valence-corrected chi connectivity index (χ3v) is 7.57. The SMILES string of the molecule is Cc1nsc([C@H]2CC[C@H](c3nnc4n3-c3ccc(Cl)cc3CN(C(=O)OC(C)(C)C)C4)CC2)n1. The summed E-state index contributed by atoms with van der Waals surface area (Å²) in [4.78, 5) is 19.2. The van der Waals surface area contributed by atoms with E-state index in [0.717, 1.165) is 59.4 Å². The van der Waals surface area contributed by atoms with Gasteiger partial charge >= 0.3 is 6.09 Å². The lowest BCUT2D eigenvalue weighted by atomic mass is 9.82. The van der Waals surface area contributed by atoms with Crippen LogP contribution in [-0.4, -0.2) is 40.7 Å². The molecule has 5 rings (SSSR count). The topological polar surface area (TPSA) is 86.0 Å². The van der Waals surface area contributed by atoms with E-state index in [4.69, 9.17) is 16.3 Å². The predicted octanol–water partition coefficient (Wildman–Crippen LogP) is 5.77. The molecule has 0 unspecified atom stereocenters. The number of benzene rings is 1. The Kier molecular flexibility index (Phi) is 6.10. The summed E-state index contributed by atoms with van der Waals surface area (Å²) in [5.41, 5.74) is 1.35. The van der Waals surface area contributed by atoms with Gasteiger partial charge in [0.2, 0.25) is 0 Å². The summed E-state index contributed by atoms with van der Waals surface area (Å²) in [6, 6.07) is 5.80. The fraction of sp³-hybridized carbons (Fsp3) is 0.542. The third kappa shape index (κ3) is 4.68. The minimum atomic E-state index is -0.580. The Morgan fingerprint density at radius 2 is 1.85 bits per heavy atom. The summed E-state index contributed by atoms with van der Waals surface area (Å²) in [6.45, 7) is 8.28. The second kappa shape index (κ2) is 8.92. The molecule has 1 saturated carbocycles. The lowest BCUT2D eigenvalue weighted by Gasteiger charge is -2.27. The molecule has 1 aromatic carbocycles. The van der Waals surface area contributed by atoms with E-state index in [1.165, 1.54) is 11.5 Å². The monoisotopic (exact) mass is 500 g/mol. The largest absolute Gasteiger partial charge is 0.444 e. The van der Waals surface area contributed by atoms with Gasteiger partial charge in [-0.1, -0.05) is 11.6 Å². The lowest BCUT2D eigenvalue weighted by molar-refractivity contribution is 0.0214. The van der Waals surface area contributed by atoms with Gasteiger partial charge in [-0.15, -0.1) is 10.2 Å². The van der Waals surface area contributed by atoms with E-state index in [0.29, 0.717) is 29.9 Å². The molecule has 1 aliphatic heterocycles. The smallest absolute Gasteiger partial charge is 0.411 e. The van der Waals surface area contributed by atoms with Crippen LogP contribution < -0.4 is 0 Å². The number of carbonyl (C=O) groups is 1. The Morgan fingerprint density at radius 3 is 2.53 bits per heavy atom. The molecular weight excluding hydrogens is 472 g/mol. The molecule has 34 heavy (non-hydrogen) atoms. The molecule has 2 aliphatic rings. The highest BCUT2D eigenvalue weighted by Gasteiger charge is 2.33. The highest BCUT2D eigenvalue weighted by Crippen LogP contribution is 2.42. The van der Waals surface area contributed by atoms with Crippen molar-refractivity contribution in [3.63, 3.8) is 0 Å². The first-order valence-electron chi connectivity index (χ1n) is 11.7. The number of aromatic nitrogens is 5. The number of rotatable bonds is 2. The number of fused-ring (bicyclic) bond motifs is 3. The molecule has 3 aromatic rings. The molecule has 1 amide bonds. The van der Waals surface area contributed by atoms with Gasteiger partial charge in [0.1, 0.15) is 22.3 Å². The maximum absolute atomic E-state index is 13.0. The molecular formula is C24H29ClN6O2S. The number of amides is 1. The highest BCUT2D eigenvalue weighted by molar-refractivity contribution is 7.05. The first kappa shape index (κ1) is 23.2. The average molecular weight is 501 g/mol. The van der Waals surface area contributed by atoms with Gasteiger partial charge in [-0.3, -0.25) is 9.47 Å². The van der Waals surface area contributed by atoms with Crippen molar-refractivity contribution >= 4 is 29.2 Å². The van der Waals surface area contributed by atoms with Gasteiger partial charge in [-0.2, -0.15) is 4.37 Å². The van der Waals surface area contributed by atoms with Crippen LogP contribution in [0.2, 0.25) is 5.02 Å². The van der Waals surface area contributed by atoms with Crippen LogP contribution in [0.3, 0.4) is 0 Å². The van der Waals surface area contributed by atoms with Crippen LogP contribution in [0.4, 0.5) is 4.79 Å². The van der Waals surface area contributed by atoms with Crippen LogP contribution >= 0.6 is 23.1 Å². The molecule has 0 radical (unpaired) electrons. The summed E-state index contributed by atoms with van der Waals surface area (Å²) in [5.74, 6) is 3.31. The molecule has 0 saturated heterocycles. The van der Waals surface area contributed by atoms with E-state index in [9.17, 15) is 4.79 Å². The van der Waals surface area contributed by atoms with Gasteiger partial charge < -0.3 is 4.74 Å². The molecule has 0 spiro atoms. The Labute approximate surface area is 208 Å². The van der Waals surface area contributed by atoms with Gasteiger partial charge in [0.05, 0.1) is 18.8 Å². The number of ether oxygens (including phenoxy) is 1. The van der Waals surface area contributed by atoms with Crippen LogP contribution in [0.25, 0.3) is 5.69 Å². The number of carbonyl (C=O) groups excluding carboxylic acids is 1. The summed E-state index contributed by atoms with van der Waals surface area (Å²) in [7, 11) is 0. The molecule has 0 N–H and O–H groups in total. The molecule has 0 atom stereocenters. The maximum atomic E-state index is 13.0. The summed E-state index contributed by atoms with van der Waals surface area (Å²) < 4.78 is 12.1. The van der Waals surface area contributed by atoms with Crippen molar-refractivity contribution in [1.82, 2.24) is 29.0 Å². The Hall–Kier alpha value is -2.52. The standard InChI is InChI=1S/C24H29ClN6O2S/c1-14-26-22(34-29-14)16-7-5-15(6-8-16)21-28-27-20-13-30(23(32)33-24(2,3)4)12-17-11-18(25)9-10-19(17)31(20)21/h9-11,15-16H,5-8,12-13H2,1-4H3/t15-,16-. The van der Waals surface area contributed by atoms with Crippen molar-refractivity contribution in [2.24, 2.45) is 0 Å². The lowest BCUT2D eigenvalue weighted by Crippen LogP contribution is -2.35. The number of hydrogen-bond acceptors (Lipinski definition) is 7. The zero-order valence-electron chi connectivity index (χ0n) is 19.9. The Balaban J connectivity index is 1.44. The fourth-order valence-electron chi connectivity index (χ4n) is 4.82. The molecule has 1 aliphatic carbocycles. The van der Waals surface area contributed by atoms with Gasteiger partial charge in [0, 0.05) is 16.9 Å². The van der Waals surface area contributed by atoms with Crippen molar-refractivity contribution in [2.45, 2.75) is 83.9 Å². The van der Waals surface area contributed by atoms with E-state index in [-0.39, 0.29) is 6.09 Å². The number of halogens is 1. The highest BCUT2D eigenvalue weighted by atomic mass is 35.5. The average Bonchev–Trinajstić information content (AvgIpc) is 3.35. The van der Waals surface area contributed by atoms with Crippen LogP contribution in [0, 0.1) is 6.92 Å². The van der Waals surface area contributed by atoms with Gasteiger partial charge in [-0.25, -0.2) is 9.78 Å². The second-order valence-corrected chi connectivity index (χ2v) is 11.4. The van der Waals surface area contributed by atoms with Crippen LogP contribution in [0.15, 0.2) is 18.2 Å². The van der Waals surface area contributed by atoms with Gasteiger partial charge in [0.25, 0.3) is 0 Å². The summed E-state index contributed by atoms with van der Waals surface area (Å²) >= 11 is 7.87. The molecule has 8 nitrogen and oxygen atoms in total. The normalized spacial score (nSPS) is 20.4. The first-order chi connectivity index (χ1) is 16.2. The van der Waals surface area contributed by atoms with E-state index < -0.39 is 5.60 Å². The quantitative estimate of drug-likeness (QED) is 0.443. The predicted molar refractivity (Wildman–Crippen MR) is 130 cm³/mol. The maximum Gasteiger partial charge on any atom is 0.411 e. The minimum absolute atomic E-state index is 0.295. The third-order valence-electron chi connectivity index (χ3n) is 6.37. The van der Waals surface area contributed by atoms with Crippen molar-refractivity contribution in [2.75, 3.05) is 0 Å². The second-order valence-electron chi connectivity index (χ2n) is 10.1. The zero-order valence-corrected chi connectivity index (χ0v) is 21.5. The molecule has 10 heteroatoms.